The van der Waals surface area contributed by atoms with Gasteiger partial charge in [-0.25, -0.2) is 9.97 Å². The molecule has 1 saturated heterocycles. The van der Waals surface area contributed by atoms with Crippen molar-refractivity contribution in [2.24, 2.45) is 7.05 Å². The van der Waals surface area contributed by atoms with Gasteiger partial charge in [-0.1, -0.05) is 11.8 Å². The molecule has 2 aromatic heterocycles. The number of hydrogen-bond acceptors (Lipinski definition) is 5. The summed E-state index contributed by atoms with van der Waals surface area (Å²) in [6, 6.07) is 11.4. The SMILES string of the molecule is Cn1ccnc1Sc1ccc(NC(=O)c2cccnc2N2CCCC2)cc1. The van der Waals surface area contributed by atoms with Crippen LogP contribution in [0, 0.1) is 0 Å². The predicted molar refractivity (Wildman–Crippen MR) is 107 cm³/mol. The van der Waals surface area contributed by atoms with Gasteiger partial charge in [0.15, 0.2) is 5.16 Å². The Kier molecular flexibility index (Phi) is 5.11. The summed E-state index contributed by atoms with van der Waals surface area (Å²) in [6.07, 6.45) is 7.74. The first kappa shape index (κ1) is 17.6. The van der Waals surface area contributed by atoms with Crippen LogP contribution in [0.4, 0.5) is 11.5 Å². The van der Waals surface area contributed by atoms with E-state index >= 15 is 0 Å². The summed E-state index contributed by atoms with van der Waals surface area (Å²) in [5.41, 5.74) is 1.38. The zero-order valence-corrected chi connectivity index (χ0v) is 15.9. The number of aromatic nitrogens is 3. The van der Waals surface area contributed by atoms with Crippen molar-refractivity contribution in [3.63, 3.8) is 0 Å². The number of nitrogens with zero attached hydrogens (tertiary/aromatic N) is 4. The maximum Gasteiger partial charge on any atom is 0.259 e. The number of amides is 1. The van der Waals surface area contributed by atoms with Crippen LogP contribution in [0.3, 0.4) is 0 Å². The molecule has 3 heterocycles. The number of imidazole rings is 1. The monoisotopic (exact) mass is 379 g/mol. The Hall–Kier alpha value is -2.80. The van der Waals surface area contributed by atoms with Crippen LogP contribution in [0.15, 0.2) is 65.0 Å². The molecule has 0 unspecified atom stereocenters. The van der Waals surface area contributed by atoms with Crippen molar-refractivity contribution in [3.05, 3.63) is 60.6 Å². The van der Waals surface area contributed by atoms with Gasteiger partial charge < -0.3 is 14.8 Å². The first-order valence-electron chi connectivity index (χ1n) is 8.97. The zero-order chi connectivity index (χ0) is 18.6. The average Bonchev–Trinajstić information content (AvgIpc) is 3.36. The van der Waals surface area contributed by atoms with Crippen molar-refractivity contribution < 1.29 is 4.79 Å². The summed E-state index contributed by atoms with van der Waals surface area (Å²) in [4.78, 5) is 24.8. The Morgan fingerprint density at radius 2 is 1.85 bits per heavy atom. The van der Waals surface area contributed by atoms with Gasteiger partial charge in [0.05, 0.1) is 5.56 Å². The zero-order valence-electron chi connectivity index (χ0n) is 15.1. The van der Waals surface area contributed by atoms with Crippen molar-refractivity contribution in [1.82, 2.24) is 14.5 Å². The van der Waals surface area contributed by atoms with Crippen LogP contribution in [0.5, 0.6) is 0 Å². The highest BCUT2D eigenvalue weighted by atomic mass is 32.2. The van der Waals surface area contributed by atoms with Crippen molar-refractivity contribution >= 4 is 29.2 Å². The number of benzene rings is 1. The van der Waals surface area contributed by atoms with E-state index in [0.29, 0.717) is 5.56 Å². The van der Waals surface area contributed by atoms with Gasteiger partial charge in [0, 0.05) is 49.3 Å². The van der Waals surface area contributed by atoms with Crippen LogP contribution < -0.4 is 10.2 Å². The molecule has 1 amide bonds. The van der Waals surface area contributed by atoms with Gasteiger partial charge in [0.25, 0.3) is 5.91 Å². The van der Waals surface area contributed by atoms with E-state index in [9.17, 15) is 4.79 Å². The summed E-state index contributed by atoms with van der Waals surface area (Å²) in [7, 11) is 1.97. The normalized spacial score (nSPS) is 13.7. The summed E-state index contributed by atoms with van der Waals surface area (Å²) in [5, 5.41) is 3.91. The van der Waals surface area contributed by atoms with E-state index in [4.69, 9.17) is 0 Å². The molecule has 0 saturated carbocycles. The molecular weight excluding hydrogens is 358 g/mol. The molecule has 0 bridgehead atoms. The highest BCUT2D eigenvalue weighted by Gasteiger charge is 2.20. The first-order chi connectivity index (χ1) is 13.2. The van der Waals surface area contributed by atoms with E-state index in [1.54, 1.807) is 30.2 Å². The van der Waals surface area contributed by atoms with Crippen molar-refractivity contribution in [3.8, 4) is 0 Å². The van der Waals surface area contributed by atoms with Crippen LogP contribution in [-0.4, -0.2) is 33.5 Å². The van der Waals surface area contributed by atoms with E-state index < -0.39 is 0 Å². The molecule has 1 aromatic carbocycles. The van der Waals surface area contributed by atoms with Gasteiger partial charge in [-0.3, -0.25) is 4.79 Å². The maximum absolute atomic E-state index is 12.8. The number of pyridine rings is 1. The molecule has 4 rings (SSSR count). The molecule has 0 atom stereocenters. The average molecular weight is 379 g/mol. The van der Waals surface area contributed by atoms with Crippen molar-refractivity contribution in [1.29, 1.82) is 0 Å². The lowest BCUT2D eigenvalue weighted by Gasteiger charge is -2.19. The predicted octanol–water partition coefficient (Wildman–Crippen LogP) is 3.82. The number of hydrogen-bond donors (Lipinski definition) is 1. The number of carbonyl (C=O) groups is 1. The van der Waals surface area contributed by atoms with Gasteiger partial charge >= 0.3 is 0 Å². The second-order valence-electron chi connectivity index (χ2n) is 6.47. The highest BCUT2D eigenvalue weighted by molar-refractivity contribution is 7.99. The minimum Gasteiger partial charge on any atom is -0.356 e. The van der Waals surface area contributed by atoms with E-state index in [1.165, 1.54) is 0 Å². The smallest absolute Gasteiger partial charge is 0.259 e. The fourth-order valence-electron chi connectivity index (χ4n) is 3.12. The largest absolute Gasteiger partial charge is 0.356 e. The number of aryl methyl sites for hydroxylation is 1. The van der Waals surface area contributed by atoms with E-state index in [2.05, 4.69) is 20.2 Å². The van der Waals surface area contributed by atoms with Crippen molar-refractivity contribution in [2.75, 3.05) is 23.3 Å². The van der Waals surface area contributed by atoms with Crippen LogP contribution in [0.1, 0.15) is 23.2 Å². The molecule has 1 aliphatic heterocycles. The quantitative estimate of drug-likeness (QED) is 0.730. The molecule has 0 radical (unpaired) electrons. The highest BCUT2D eigenvalue weighted by Crippen LogP contribution is 2.27. The van der Waals surface area contributed by atoms with Gasteiger partial charge in [-0.15, -0.1) is 0 Å². The third-order valence-electron chi connectivity index (χ3n) is 4.54. The standard InChI is InChI=1S/C20H21N5OS/c1-24-14-11-22-20(24)27-16-8-6-15(7-9-16)23-19(26)17-5-4-10-21-18(17)25-12-2-3-13-25/h4-11,14H,2-3,12-13H2,1H3,(H,23,26). The molecule has 1 fully saturated rings. The maximum atomic E-state index is 12.8. The van der Waals surface area contributed by atoms with Gasteiger partial charge in [0.2, 0.25) is 0 Å². The Morgan fingerprint density at radius 3 is 2.56 bits per heavy atom. The van der Waals surface area contributed by atoms with Crippen LogP contribution in [-0.2, 0) is 7.05 Å². The number of carbonyl (C=O) groups excluding carboxylic acids is 1. The summed E-state index contributed by atoms with van der Waals surface area (Å²) < 4.78 is 1.97. The fraction of sp³-hybridized carbons (Fsp3) is 0.250. The molecule has 0 spiro atoms. The van der Waals surface area contributed by atoms with E-state index in [0.717, 1.165) is 47.5 Å². The second kappa shape index (κ2) is 7.84. The Labute approximate surface area is 162 Å². The Balaban J connectivity index is 1.46. The molecule has 6 nitrogen and oxygen atoms in total. The lowest BCUT2D eigenvalue weighted by molar-refractivity contribution is 0.102. The molecule has 138 valence electrons. The Bertz CT molecular complexity index is 932. The Morgan fingerprint density at radius 1 is 1.07 bits per heavy atom. The van der Waals surface area contributed by atoms with Crippen molar-refractivity contribution in [2.45, 2.75) is 22.9 Å². The number of nitrogens with one attached hydrogen (secondary N) is 1. The third-order valence-corrected chi connectivity index (χ3v) is 5.62. The minimum atomic E-state index is -0.130. The van der Waals surface area contributed by atoms with E-state index in [1.807, 2.05) is 48.1 Å². The fourth-order valence-corrected chi connectivity index (χ4v) is 3.92. The summed E-state index contributed by atoms with van der Waals surface area (Å²) in [6.45, 7) is 1.91. The molecule has 0 aliphatic carbocycles. The number of rotatable bonds is 5. The molecule has 1 N–H and O–H groups in total. The van der Waals surface area contributed by atoms with Gasteiger partial charge in [0.1, 0.15) is 5.82 Å². The lowest BCUT2D eigenvalue weighted by atomic mass is 10.2. The minimum absolute atomic E-state index is 0.130. The number of anilines is 2. The molecular formula is C20H21N5OS. The lowest BCUT2D eigenvalue weighted by Crippen LogP contribution is -2.24. The molecule has 1 aliphatic rings. The summed E-state index contributed by atoms with van der Waals surface area (Å²) >= 11 is 1.59. The molecule has 27 heavy (non-hydrogen) atoms. The summed E-state index contributed by atoms with van der Waals surface area (Å²) in [5.74, 6) is 0.643. The molecule has 3 aromatic rings. The van der Waals surface area contributed by atoms with Crippen LogP contribution in [0.25, 0.3) is 0 Å². The second-order valence-corrected chi connectivity index (χ2v) is 7.51. The van der Waals surface area contributed by atoms with Gasteiger partial charge in [-0.05, 0) is 49.2 Å². The third kappa shape index (κ3) is 3.98. The molecule has 7 heteroatoms. The van der Waals surface area contributed by atoms with Gasteiger partial charge in [-0.2, -0.15) is 0 Å². The first-order valence-corrected chi connectivity index (χ1v) is 9.79. The van der Waals surface area contributed by atoms with Crippen LogP contribution >= 0.6 is 11.8 Å². The van der Waals surface area contributed by atoms with E-state index in [-0.39, 0.29) is 5.91 Å². The van der Waals surface area contributed by atoms with Crippen LogP contribution in [0.2, 0.25) is 0 Å². The topological polar surface area (TPSA) is 63.1 Å².